The Morgan fingerprint density at radius 1 is 0.476 bits per heavy atom. The first-order chi connectivity index (χ1) is 60.4. The number of Topliss-reactive ketones (excluding diaryl/α,β-unsaturated/α-hetero) is 4. The summed E-state index contributed by atoms with van der Waals surface area (Å²) in [6.07, 6.45) is 0.0386. The van der Waals surface area contributed by atoms with E-state index in [1.54, 1.807) is 119 Å². The number of piperazine rings is 2. The van der Waals surface area contributed by atoms with Crippen molar-refractivity contribution in [1.29, 1.82) is 0 Å². The number of hydrogen-bond acceptors (Lipinski definition) is 29. The summed E-state index contributed by atoms with van der Waals surface area (Å²) in [4.78, 5) is 228. The molecule has 7 heterocycles. The van der Waals surface area contributed by atoms with Gasteiger partial charge in [-0.15, -0.1) is 0 Å². The molecule has 7 aliphatic heterocycles. The van der Waals surface area contributed by atoms with Crippen molar-refractivity contribution in [3.63, 3.8) is 0 Å². The lowest BCUT2D eigenvalue weighted by molar-refractivity contribution is -0.144. The van der Waals surface area contributed by atoms with E-state index in [9.17, 15) is 76.7 Å². The molecule has 0 saturated carbocycles. The number of allylic oxidation sites excluding steroid dienone is 4. The Morgan fingerprint density at radius 3 is 1.21 bits per heavy atom. The van der Waals surface area contributed by atoms with Gasteiger partial charge in [-0.25, -0.2) is 19.2 Å². The molecule has 4 fully saturated rings. The van der Waals surface area contributed by atoms with Crippen molar-refractivity contribution < 1.29 is 105 Å². The number of unbranched alkanes of at least 4 members (excludes halogenated alkanes) is 2. The number of imide groups is 1. The highest BCUT2D eigenvalue weighted by atomic mass is 16.6. The van der Waals surface area contributed by atoms with Gasteiger partial charge in [0.05, 0.1) is 59.8 Å². The van der Waals surface area contributed by atoms with Crippen LogP contribution in [0.5, 0.6) is 0 Å². The zero-order valence-electron chi connectivity index (χ0n) is 69.6. The van der Waals surface area contributed by atoms with Crippen LogP contribution in [0.15, 0.2) is 166 Å². The Balaban J connectivity index is 0.637. The lowest BCUT2D eigenvalue weighted by atomic mass is 9.82. The van der Waals surface area contributed by atoms with Crippen LogP contribution < -0.4 is 66.3 Å². The van der Waals surface area contributed by atoms with E-state index in [1.807, 2.05) is 0 Å². The maximum atomic E-state index is 14.8. The quantitative estimate of drug-likeness (QED) is 0.00889. The molecule has 126 heavy (non-hydrogen) atoms. The summed E-state index contributed by atoms with van der Waals surface area (Å²) in [5.41, 5.74) is 34.0. The standard InChI is InChI=1S/C86H100N18O22/c1-45-67(89)73(111)65-53(43-123-81(91)117)85(121-3)75-59(37-101(85)69(65)71(45)109)103(75)83(119)125-41-49-21-25-51(26-22-49)93-77(113)55(19-11-13-31-87)97-79(115)57(35-47-15-7-5-8-16-47)95-61(105)39-99(33-34-100-63(107)29-30-64(100)108)40-62(106)96-58(36-48-17-9-6-10-18-48)80(116)98-56(20-12-14-32-88)78(114)94-52-27-23-50(24-28-52)42-126-84(120)104-60-38-102-70-66(74(112)68(90)46(2)72(70)110)54(44-124-82(92)118)86(102,122-4)76(60)104/h5-10,15-18,21-30,53-60,75-76H,11-14,19-20,31-44,87-90H2,1-4H3,(H2,91,117)(H2,92,118)(H,93,113)(H,94,114)(H,95,105)(H,96,106)(H,97,115)(H,98,116)/t53?,54?,55-,56-,57-,58-,59?,60?,75?,76?,85?,86?,103?,104?/m0/s1. The fourth-order valence-corrected chi connectivity index (χ4v) is 17.9. The number of fused-ring (bicyclic) bond motifs is 8. The predicted molar refractivity (Wildman–Crippen MR) is 444 cm³/mol. The second-order valence-corrected chi connectivity index (χ2v) is 31.9. The Bertz CT molecular complexity index is 4900. The van der Waals surface area contributed by atoms with E-state index in [4.69, 9.17) is 62.8 Å². The van der Waals surface area contributed by atoms with Gasteiger partial charge in [0.25, 0.3) is 11.8 Å². The van der Waals surface area contributed by atoms with Crippen LogP contribution in [0.1, 0.15) is 74.6 Å². The molecule has 12 atom stereocenters. The van der Waals surface area contributed by atoms with Crippen LogP contribution in [0.3, 0.4) is 0 Å². The molecule has 9 aliphatic rings. The molecule has 666 valence electrons. The summed E-state index contributed by atoms with van der Waals surface area (Å²) >= 11 is 0. The van der Waals surface area contributed by atoms with E-state index in [0.717, 1.165) is 17.1 Å². The Morgan fingerprint density at radius 2 is 0.857 bits per heavy atom. The van der Waals surface area contributed by atoms with Gasteiger partial charge in [-0.2, -0.15) is 0 Å². The lowest BCUT2D eigenvalue weighted by Crippen LogP contribution is -2.56. The van der Waals surface area contributed by atoms with Crippen molar-refractivity contribution >= 4 is 106 Å². The van der Waals surface area contributed by atoms with Crippen molar-refractivity contribution in [2.45, 2.75) is 138 Å². The second-order valence-electron chi connectivity index (χ2n) is 31.9. The number of carbonyl (C=O) groups excluding carboxylic acids is 16. The number of benzene rings is 4. The summed E-state index contributed by atoms with van der Waals surface area (Å²) < 4.78 is 34.1. The van der Waals surface area contributed by atoms with Crippen LogP contribution in [-0.2, 0) is 112 Å². The van der Waals surface area contributed by atoms with Crippen LogP contribution in [0.25, 0.3) is 0 Å². The monoisotopic (exact) mass is 1740 g/mol. The van der Waals surface area contributed by atoms with Crippen LogP contribution in [0, 0.1) is 11.8 Å². The SMILES string of the molecule is COC12C(COC(N)=O)C3=C(C(=O)C(C)=C(N)C3=O)N1CC1C2N1C(=O)OCc1ccc(NC(=O)[C@H](CCCCN)NC(=O)[C@H](Cc2ccccc2)NC(=O)CN(CCN2C(=O)C=CC2=O)CC(=O)N[C@@H](Cc2ccccc2)C(=O)N[C@@H](CCCCN)C(=O)Nc2ccc(COC(=O)N3C4CN5C6=C(C(=O)C(N)=C(C)C6=O)C(COC(N)=O)C5(OC)C43)cc2)cc1. The summed E-state index contributed by atoms with van der Waals surface area (Å²) in [5.74, 6) is -10.2. The number of nitrogens with zero attached hydrogens (tertiary/aromatic N) is 6. The minimum absolute atomic E-state index is 0.0136. The fraction of sp³-hybridized carbons (Fsp3) is 0.419. The molecular formula is C86H100N18O22. The maximum Gasteiger partial charge on any atom is 0.410 e. The zero-order valence-corrected chi connectivity index (χ0v) is 69.6. The predicted octanol–water partition coefficient (Wildman–Crippen LogP) is -0.404. The second kappa shape index (κ2) is 38.2. The first-order valence-electron chi connectivity index (χ1n) is 41.1. The Labute approximate surface area is 722 Å². The topological polar surface area (TPSA) is 576 Å². The molecule has 13 rings (SSSR count). The third kappa shape index (κ3) is 18.3. The minimum Gasteiger partial charge on any atom is -0.449 e. The molecule has 4 aromatic rings. The largest absolute Gasteiger partial charge is 0.449 e. The number of amides is 12. The summed E-state index contributed by atoms with van der Waals surface area (Å²) in [7, 11) is 2.70. The minimum atomic E-state index is -1.54. The smallest absolute Gasteiger partial charge is 0.410 e. The van der Waals surface area contributed by atoms with Gasteiger partial charge in [0.1, 0.15) is 62.7 Å². The number of carbonyl (C=O) groups is 16. The molecule has 4 aromatic carbocycles. The first kappa shape index (κ1) is 90.0. The van der Waals surface area contributed by atoms with Crippen molar-refractivity contribution in [3.8, 4) is 0 Å². The van der Waals surface area contributed by atoms with Gasteiger partial charge in [0.2, 0.25) is 58.6 Å². The van der Waals surface area contributed by atoms with Gasteiger partial charge < -0.3 is 105 Å². The molecule has 0 spiro atoms. The van der Waals surface area contributed by atoms with E-state index in [0.29, 0.717) is 47.9 Å². The molecule has 0 aromatic heterocycles. The Hall–Kier alpha value is -13.7. The number of hydrogen-bond donors (Lipinski definition) is 12. The number of ketones is 4. The van der Waals surface area contributed by atoms with Crippen LogP contribution in [-0.4, -0.2) is 264 Å². The van der Waals surface area contributed by atoms with E-state index < -0.39 is 193 Å². The van der Waals surface area contributed by atoms with Gasteiger partial charge in [0.15, 0.2) is 11.4 Å². The molecule has 4 saturated heterocycles. The van der Waals surface area contributed by atoms with Crippen LogP contribution in [0.4, 0.5) is 30.6 Å². The number of anilines is 2. The molecule has 40 nitrogen and oxygen atoms in total. The summed E-state index contributed by atoms with van der Waals surface area (Å²) in [6.45, 7) is 0.253. The molecule has 0 radical (unpaired) electrons. The number of nitrogens with two attached hydrogens (primary N) is 6. The Kier molecular flexibility index (Phi) is 27.3. The highest BCUT2D eigenvalue weighted by Crippen LogP contribution is 2.62. The number of primary amides is 2. The van der Waals surface area contributed by atoms with Gasteiger partial charge >= 0.3 is 24.4 Å². The maximum absolute atomic E-state index is 14.8. The third-order valence-electron chi connectivity index (χ3n) is 24.3. The summed E-state index contributed by atoms with van der Waals surface area (Å²) in [5, 5.41) is 16.9. The van der Waals surface area contributed by atoms with Gasteiger partial charge in [-0.1, -0.05) is 84.9 Å². The van der Waals surface area contributed by atoms with E-state index in [1.165, 1.54) is 42.8 Å². The highest BCUT2D eigenvalue weighted by molar-refractivity contribution is 6.26. The molecule has 40 heteroatoms. The van der Waals surface area contributed by atoms with Gasteiger partial charge in [0, 0.05) is 99.1 Å². The van der Waals surface area contributed by atoms with Crippen molar-refractivity contribution in [2.75, 3.05) is 90.4 Å². The third-order valence-corrected chi connectivity index (χ3v) is 24.3. The molecule has 18 N–H and O–H groups in total. The molecule has 0 bridgehead atoms. The van der Waals surface area contributed by atoms with Crippen LogP contribution >= 0.6 is 0 Å². The molecule has 8 unspecified atom stereocenters. The van der Waals surface area contributed by atoms with Gasteiger partial charge in [-0.05, 0) is 112 Å². The summed E-state index contributed by atoms with van der Waals surface area (Å²) in [6, 6.07) is 22.1. The van der Waals surface area contributed by atoms with Gasteiger partial charge in [-0.3, -0.25) is 77.1 Å². The number of rotatable bonds is 39. The average Bonchev–Trinajstić information content (AvgIpc) is 1.49. The highest BCUT2D eigenvalue weighted by Gasteiger charge is 2.80. The van der Waals surface area contributed by atoms with Crippen molar-refractivity contribution in [2.24, 2.45) is 46.2 Å². The fourth-order valence-electron chi connectivity index (χ4n) is 17.9. The van der Waals surface area contributed by atoms with Crippen molar-refractivity contribution in [3.05, 3.63) is 189 Å². The average molecular weight is 1740 g/mol. The van der Waals surface area contributed by atoms with Crippen LogP contribution in [0.2, 0.25) is 0 Å². The zero-order chi connectivity index (χ0) is 90.3. The first-order valence-corrected chi connectivity index (χ1v) is 41.1. The normalized spacial score (nSPS) is 22.6. The number of ether oxygens (including phenoxy) is 6. The van der Waals surface area contributed by atoms with E-state index in [-0.39, 0.29) is 135 Å². The molecule has 2 aliphatic carbocycles. The van der Waals surface area contributed by atoms with Crippen molar-refractivity contribution in [1.82, 2.24) is 50.7 Å². The number of methoxy groups -OCH3 is 2. The van der Waals surface area contributed by atoms with E-state index >= 15 is 0 Å². The number of nitrogens with one attached hydrogen (secondary N) is 6. The molecular weight excluding hydrogens is 1640 g/mol. The lowest BCUT2D eigenvalue weighted by Gasteiger charge is -2.40. The van der Waals surface area contributed by atoms with E-state index in [2.05, 4.69) is 31.9 Å². The molecule has 12 amide bonds.